The van der Waals surface area contributed by atoms with Crippen LogP contribution in [0.15, 0.2) is 45.9 Å². The second-order valence-corrected chi connectivity index (χ2v) is 7.10. The summed E-state index contributed by atoms with van der Waals surface area (Å²) >= 11 is 0. The van der Waals surface area contributed by atoms with Crippen LogP contribution in [0.1, 0.15) is 35.6 Å². The maximum absolute atomic E-state index is 12.4. The molecule has 0 aliphatic heterocycles. The van der Waals surface area contributed by atoms with E-state index in [-0.39, 0.29) is 11.5 Å². The Labute approximate surface area is 162 Å². The van der Waals surface area contributed by atoms with E-state index in [1.54, 1.807) is 19.3 Å². The van der Waals surface area contributed by atoms with Crippen molar-refractivity contribution in [3.63, 3.8) is 0 Å². The molecule has 4 rings (SSSR count). The first-order valence-electron chi connectivity index (χ1n) is 9.46. The SMILES string of the molecule is Cc1c(O[C@H](C)C(=O)NCc2ccncc2)ccc2c3c(c(=O)oc12)CCC3. The maximum Gasteiger partial charge on any atom is 0.339 e. The van der Waals surface area contributed by atoms with Crippen molar-refractivity contribution in [2.45, 2.75) is 45.8 Å². The van der Waals surface area contributed by atoms with Crippen LogP contribution in [0, 0.1) is 6.92 Å². The molecule has 1 aliphatic rings. The van der Waals surface area contributed by atoms with E-state index >= 15 is 0 Å². The molecule has 6 nitrogen and oxygen atoms in total. The topological polar surface area (TPSA) is 81.4 Å². The van der Waals surface area contributed by atoms with E-state index in [1.165, 1.54) is 0 Å². The third-order valence-corrected chi connectivity index (χ3v) is 5.23. The molecule has 0 unspecified atom stereocenters. The molecule has 0 radical (unpaired) electrons. The molecule has 28 heavy (non-hydrogen) atoms. The zero-order chi connectivity index (χ0) is 19.7. The highest BCUT2D eigenvalue weighted by Gasteiger charge is 2.22. The van der Waals surface area contributed by atoms with Crippen LogP contribution in [0.25, 0.3) is 11.0 Å². The van der Waals surface area contributed by atoms with Crippen LogP contribution in [0.3, 0.4) is 0 Å². The second kappa shape index (κ2) is 7.46. The van der Waals surface area contributed by atoms with Gasteiger partial charge in [0.1, 0.15) is 11.3 Å². The number of nitrogens with one attached hydrogen (secondary N) is 1. The van der Waals surface area contributed by atoms with Gasteiger partial charge in [0.25, 0.3) is 5.91 Å². The number of pyridine rings is 1. The molecule has 1 aliphatic carbocycles. The lowest BCUT2D eigenvalue weighted by molar-refractivity contribution is -0.127. The average molecular weight is 378 g/mol. The van der Waals surface area contributed by atoms with Gasteiger partial charge in [-0.15, -0.1) is 0 Å². The van der Waals surface area contributed by atoms with E-state index in [1.807, 2.05) is 31.2 Å². The Bertz CT molecular complexity index is 1090. The molecule has 1 atom stereocenters. The fourth-order valence-corrected chi connectivity index (χ4v) is 3.67. The number of ether oxygens (including phenoxy) is 1. The highest BCUT2D eigenvalue weighted by molar-refractivity contribution is 5.86. The van der Waals surface area contributed by atoms with Crippen molar-refractivity contribution in [1.82, 2.24) is 10.3 Å². The quantitative estimate of drug-likeness (QED) is 0.690. The van der Waals surface area contributed by atoms with Crippen LogP contribution < -0.4 is 15.7 Å². The molecule has 6 heteroatoms. The summed E-state index contributed by atoms with van der Waals surface area (Å²) in [5, 5.41) is 3.82. The van der Waals surface area contributed by atoms with Gasteiger partial charge >= 0.3 is 5.63 Å². The van der Waals surface area contributed by atoms with E-state index in [4.69, 9.17) is 9.15 Å². The van der Waals surface area contributed by atoms with Crippen molar-refractivity contribution in [2.75, 3.05) is 0 Å². The van der Waals surface area contributed by atoms with Crippen molar-refractivity contribution >= 4 is 16.9 Å². The van der Waals surface area contributed by atoms with Gasteiger partial charge in [0, 0.05) is 35.5 Å². The number of hydrogen-bond acceptors (Lipinski definition) is 5. The van der Waals surface area contributed by atoms with Crippen LogP contribution in [0.4, 0.5) is 0 Å². The molecular formula is C22H22N2O4. The number of amides is 1. The third kappa shape index (κ3) is 3.38. The van der Waals surface area contributed by atoms with Gasteiger partial charge in [-0.25, -0.2) is 4.79 Å². The summed E-state index contributed by atoms with van der Waals surface area (Å²) in [6.45, 7) is 3.96. The number of nitrogens with zero attached hydrogens (tertiary/aromatic N) is 1. The molecule has 0 saturated carbocycles. The van der Waals surface area contributed by atoms with Crippen LogP contribution >= 0.6 is 0 Å². The van der Waals surface area contributed by atoms with Crippen molar-refractivity contribution in [3.8, 4) is 5.75 Å². The van der Waals surface area contributed by atoms with Gasteiger partial charge < -0.3 is 14.5 Å². The molecule has 0 saturated heterocycles. The molecule has 3 aromatic rings. The summed E-state index contributed by atoms with van der Waals surface area (Å²) in [6, 6.07) is 7.47. The van der Waals surface area contributed by atoms with E-state index in [0.29, 0.717) is 17.9 Å². The van der Waals surface area contributed by atoms with Crippen molar-refractivity contribution in [3.05, 3.63) is 69.3 Å². The number of carbonyl (C=O) groups is 1. The summed E-state index contributed by atoms with van der Waals surface area (Å²) in [5.41, 5.74) is 3.87. The number of fused-ring (bicyclic) bond motifs is 3. The minimum absolute atomic E-state index is 0.216. The number of rotatable bonds is 5. The van der Waals surface area contributed by atoms with Gasteiger partial charge in [-0.2, -0.15) is 0 Å². The van der Waals surface area contributed by atoms with E-state index in [2.05, 4.69) is 10.3 Å². The Hall–Kier alpha value is -3.15. The van der Waals surface area contributed by atoms with E-state index < -0.39 is 6.10 Å². The van der Waals surface area contributed by atoms with Crippen LogP contribution in [0.2, 0.25) is 0 Å². The molecule has 0 spiro atoms. The molecule has 1 N–H and O–H groups in total. The van der Waals surface area contributed by atoms with E-state index in [9.17, 15) is 9.59 Å². The van der Waals surface area contributed by atoms with Gasteiger partial charge in [0.05, 0.1) is 0 Å². The first kappa shape index (κ1) is 18.2. The lowest BCUT2D eigenvalue weighted by atomic mass is 10.0. The predicted molar refractivity (Wildman–Crippen MR) is 105 cm³/mol. The smallest absolute Gasteiger partial charge is 0.339 e. The van der Waals surface area contributed by atoms with Gasteiger partial charge in [-0.3, -0.25) is 9.78 Å². The lowest BCUT2D eigenvalue weighted by Crippen LogP contribution is -2.36. The molecule has 1 amide bonds. The normalized spacial score (nSPS) is 13.9. The zero-order valence-electron chi connectivity index (χ0n) is 16.0. The maximum atomic E-state index is 12.4. The number of aryl methyl sites for hydroxylation is 2. The molecule has 1 aromatic carbocycles. The van der Waals surface area contributed by atoms with Gasteiger partial charge in [0.15, 0.2) is 6.10 Å². The van der Waals surface area contributed by atoms with Crippen molar-refractivity contribution < 1.29 is 13.9 Å². The van der Waals surface area contributed by atoms with Crippen molar-refractivity contribution in [1.29, 1.82) is 0 Å². The largest absolute Gasteiger partial charge is 0.480 e. The first-order valence-corrected chi connectivity index (χ1v) is 9.46. The zero-order valence-corrected chi connectivity index (χ0v) is 16.0. The molecule has 2 heterocycles. The second-order valence-electron chi connectivity index (χ2n) is 7.10. The lowest BCUT2D eigenvalue weighted by Gasteiger charge is -2.17. The fourth-order valence-electron chi connectivity index (χ4n) is 3.67. The number of carbonyl (C=O) groups excluding carboxylic acids is 1. The van der Waals surface area contributed by atoms with E-state index in [0.717, 1.165) is 46.9 Å². The van der Waals surface area contributed by atoms with Crippen LogP contribution in [0.5, 0.6) is 5.75 Å². The number of aromatic nitrogens is 1. The Morgan fingerprint density at radius 1 is 1.21 bits per heavy atom. The highest BCUT2D eigenvalue weighted by atomic mass is 16.5. The summed E-state index contributed by atoms with van der Waals surface area (Å²) < 4.78 is 11.5. The Morgan fingerprint density at radius 2 is 1.96 bits per heavy atom. The van der Waals surface area contributed by atoms with Crippen molar-refractivity contribution in [2.24, 2.45) is 0 Å². The average Bonchev–Trinajstić information content (AvgIpc) is 3.20. The molecular weight excluding hydrogens is 356 g/mol. The minimum atomic E-state index is -0.681. The molecule has 0 bridgehead atoms. The van der Waals surface area contributed by atoms with Gasteiger partial charge in [-0.05, 0) is 68.5 Å². The fraction of sp³-hybridized carbons (Fsp3) is 0.318. The number of benzene rings is 1. The first-order chi connectivity index (χ1) is 13.5. The molecule has 144 valence electrons. The predicted octanol–water partition coefficient (Wildman–Crippen LogP) is 3.07. The van der Waals surface area contributed by atoms with Crippen LogP contribution in [-0.4, -0.2) is 17.0 Å². The van der Waals surface area contributed by atoms with Crippen LogP contribution in [-0.2, 0) is 24.2 Å². The third-order valence-electron chi connectivity index (χ3n) is 5.23. The minimum Gasteiger partial charge on any atom is -0.480 e. The summed E-state index contributed by atoms with van der Waals surface area (Å²) in [6.07, 6.45) is 5.34. The monoisotopic (exact) mass is 378 g/mol. The summed E-state index contributed by atoms with van der Waals surface area (Å²) in [7, 11) is 0. The highest BCUT2D eigenvalue weighted by Crippen LogP contribution is 2.33. The Morgan fingerprint density at radius 3 is 2.75 bits per heavy atom. The Kier molecular flexibility index (Phi) is 4.86. The molecule has 0 fully saturated rings. The Balaban J connectivity index is 1.53. The number of hydrogen-bond donors (Lipinski definition) is 1. The summed E-state index contributed by atoms with van der Waals surface area (Å²) in [4.78, 5) is 28.6. The molecule has 2 aromatic heterocycles. The summed E-state index contributed by atoms with van der Waals surface area (Å²) in [5.74, 6) is 0.326. The van der Waals surface area contributed by atoms with Gasteiger partial charge in [-0.1, -0.05) is 0 Å². The van der Waals surface area contributed by atoms with Gasteiger partial charge in [0.2, 0.25) is 0 Å². The standard InChI is InChI=1S/C22H22N2O4/c1-13-19(27-14(2)21(25)24-12-15-8-10-23-11-9-15)7-6-17-16-4-3-5-18(16)22(26)28-20(13)17/h6-11,14H,3-5,12H2,1-2H3,(H,24,25)/t14-/m1/s1.